The minimum absolute atomic E-state index is 0.0576. The molecule has 0 atom stereocenters. The van der Waals surface area contributed by atoms with Gasteiger partial charge >= 0.3 is 6.18 Å². The molecule has 0 aliphatic rings. The summed E-state index contributed by atoms with van der Waals surface area (Å²) in [6.07, 6.45) is 3.87. The summed E-state index contributed by atoms with van der Waals surface area (Å²) in [5.41, 5.74) is -1.05. The normalized spacial score (nSPS) is 11.8. The molecule has 8 nitrogen and oxygen atoms in total. The fourth-order valence-electron chi connectivity index (χ4n) is 2.76. The number of carbonyl (C=O) groups excluding carboxylic acids is 1. The third-order valence-corrected chi connectivity index (χ3v) is 4.86. The lowest BCUT2D eigenvalue weighted by Crippen LogP contribution is -2.21. The van der Waals surface area contributed by atoms with E-state index in [1.165, 1.54) is 19.3 Å². The van der Waals surface area contributed by atoms with Gasteiger partial charge in [0.25, 0.3) is 0 Å². The molecule has 1 amide bonds. The van der Waals surface area contributed by atoms with E-state index in [9.17, 15) is 30.8 Å². The minimum atomic E-state index is -4.64. The van der Waals surface area contributed by atoms with E-state index in [-0.39, 0.29) is 47.9 Å². The molecule has 1 aromatic heterocycles. The van der Waals surface area contributed by atoms with E-state index in [2.05, 4.69) is 21.5 Å². The Morgan fingerprint density at radius 3 is 2.60 bits per heavy atom. The number of rotatable bonds is 10. The second-order valence-electron chi connectivity index (χ2n) is 7.12. The molecule has 0 fully saturated rings. The summed E-state index contributed by atoms with van der Waals surface area (Å²) < 4.78 is 83.0. The average Bonchev–Trinajstić information content (AvgIpc) is 2.76. The van der Waals surface area contributed by atoms with Gasteiger partial charge in [-0.05, 0) is 35.9 Å². The highest BCUT2D eigenvalue weighted by atomic mass is 32.2. The molecule has 0 spiro atoms. The number of carbonyl (C=O) groups is 1. The number of benzene rings is 1. The number of nitrogens with zero attached hydrogens (tertiary/aromatic N) is 1. The summed E-state index contributed by atoms with van der Waals surface area (Å²) in [5, 5.41) is 5.20. The van der Waals surface area contributed by atoms with Crippen LogP contribution in [0.25, 0.3) is 6.08 Å². The van der Waals surface area contributed by atoms with Gasteiger partial charge < -0.3 is 15.4 Å². The van der Waals surface area contributed by atoms with Crippen LogP contribution < -0.4 is 15.4 Å². The monoisotopic (exact) mass is 514 g/mol. The minimum Gasteiger partial charge on any atom is -0.383 e. The number of pyridine rings is 1. The van der Waals surface area contributed by atoms with E-state index in [1.807, 2.05) is 4.72 Å². The SMILES string of the molecule is C#Cc1cc(CNC(=O)/C=C\c2ccc(C(F)(F)F)nc2NCCOC)cc(F)c1NS(C)(=O)=O. The third kappa shape index (κ3) is 8.58. The number of ether oxygens (including phenoxy) is 1. The van der Waals surface area contributed by atoms with Gasteiger partial charge in [0, 0.05) is 31.8 Å². The number of aromatic nitrogens is 1. The Kier molecular flexibility index (Phi) is 9.21. The topological polar surface area (TPSA) is 109 Å². The van der Waals surface area contributed by atoms with Crippen molar-refractivity contribution in [2.45, 2.75) is 12.7 Å². The van der Waals surface area contributed by atoms with Crippen molar-refractivity contribution in [1.29, 1.82) is 0 Å². The van der Waals surface area contributed by atoms with Gasteiger partial charge in [-0.15, -0.1) is 6.42 Å². The van der Waals surface area contributed by atoms with E-state index >= 15 is 0 Å². The Hall–Kier alpha value is -3.63. The molecule has 2 aromatic rings. The molecule has 0 saturated carbocycles. The first-order valence-electron chi connectivity index (χ1n) is 9.88. The zero-order valence-corrected chi connectivity index (χ0v) is 19.5. The Balaban J connectivity index is 2.15. The van der Waals surface area contributed by atoms with Crippen LogP contribution in [0.15, 0.2) is 30.3 Å². The van der Waals surface area contributed by atoms with Crippen LogP contribution in [0, 0.1) is 18.2 Å². The first-order chi connectivity index (χ1) is 16.3. The second-order valence-corrected chi connectivity index (χ2v) is 8.87. The zero-order valence-electron chi connectivity index (χ0n) is 18.7. The molecule has 13 heteroatoms. The van der Waals surface area contributed by atoms with Gasteiger partial charge in [-0.25, -0.2) is 17.8 Å². The van der Waals surface area contributed by atoms with Crippen LogP contribution in [0.2, 0.25) is 0 Å². The number of anilines is 2. The second kappa shape index (κ2) is 11.7. The quantitative estimate of drug-likeness (QED) is 0.195. The molecular formula is C22H22F4N4O4S. The molecule has 2 rings (SSSR count). The van der Waals surface area contributed by atoms with Crippen molar-refractivity contribution >= 4 is 33.5 Å². The maximum atomic E-state index is 14.4. The van der Waals surface area contributed by atoms with E-state index in [4.69, 9.17) is 11.2 Å². The molecule has 0 saturated heterocycles. The Morgan fingerprint density at radius 1 is 1.29 bits per heavy atom. The number of hydrogen-bond acceptors (Lipinski definition) is 6. The number of alkyl halides is 3. The molecular weight excluding hydrogens is 492 g/mol. The van der Waals surface area contributed by atoms with E-state index in [0.717, 1.165) is 30.5 Å². The lowest BCUT2D eigenvalue weighted by Gasteiger charge is -2.12. The standard InChI is InChI=1S/C22H22F4N4O4S/c1-4-15-11-14(12-17(23)20(15)30-35(3,32)33)13-28-19(31)8-6-16-5-7-18(22(24,25)26)29-21(16)27-9-10-34-2/h1,5-8,11-12,30H,9-10,13H2,2-3H3,(H,27,29)(H,28,31)/b8-6-. The van der Waals surface area contributed by atoms with Gasteiger partial charge in [0.2, 0.25) is 15.9 Å². The van der Waals surface area contributed by atoms with Crippen LogP contribution in [0.3, 0.4) is 0 Å². The van der Waals surface area contributed by atoms with Gasteiger partial charge in [0.15, 0.2) is 0 Å². The summed E-state index contributed by atoms with van der Waals surface area (Å²) in [5.74, 6) is 0.538. The van der Waals surface area contributed by atoms with Crippen LogP contribution in [0.4, 0.5) is 29.1 Å². The summed E-state index contributed by atoms with van der Waals surface area (Å²) in [7, 11) is -2.34. The first-order valence-corrected chi connectivity index (χ1v) is 11.8. The fourth-order valence-corrected chi connectivity index (χ4v) is 3.34. The van der Waals surface area contributed by atoms with Crippen molar-refractivity contribution in [2.75, 3.05) is 36.6 Å². The Morgan fingerprint density at radius 2 is 2.00 bits per heavy atom. The molecule has 0 aliphatic carbocycles. The van der Waals surface area contributed by atoms with E-state index < -0.39 is 33.6 Å². The number of nitrogens with one attached hydrogen (secondary N) is 3. The maximum absolute atomic E-state index is 14.4. The van der Waals surface area contributed by atoms with Crippen molar-refractivity contribution in [3.63, 3.8) is 0 Å². The highest BCUT2D eigenvalue weighted by Gasteiger charge is 2.33. The molecule has 1 aromatic carbocycles. The lowest BCUT2D eigenvalue weighted by atomic mass is 10.1. The van der Waals surface area contributed by atoms with Gasteiger partial charge in [0.05, 0.1) is 24.1 Å². The van der Waals surface area contributed by atoms with Gasteiger partial charge in [-0.2, -0.15) is 13.2 Å². The molecule has 0 bridgehead atoms. The zero-order chi connectivity index (χ0) is 26.2. The molecule has 188 valence electrons. The lowest BCUT2D eigenvalue weighted by molar-refractivity contribution is -0.141. The molecule has 35 heavy (non-hydrogen) atoms. The maximum Gasteiger partial charge on any atom is 0.433 e. The average molecular weight is 515 g/mol. The Bertz CT molecular complexity index is 1260. The Labute approximate surface area is 199 Å². The summed E-state index contributed by atoms with van der Waals surface area (Å²) in [6.45, 7) is 0.250. The van der Waals surface area contributed by atoms with Crippen LogP contribution >= 0.6 is 0 Å². The smallest absolute Gasteiger partial charge is 0.383 e. The molecule has 0 unspecified atom stereocenters. The van der Waals surface area contributed by atoms with Crippen LogP contribution in [-0.2, 0) is 32.3 Å². The number of sulfonamides is 1. The number of methoxy groups -OCH3 is 1. The highest BCUT2D eigenvalue weighted by Crippen LogP contribution is 2.30. The van der Waals surface area contributed by atoms with Gasteiger partial charge in [0.1, 0.15) is 17.3 Å². The van der Waals surface area contributed by atoms with E-state index in [0.29, 0.717) is 0 Å². The summed E-state index contributed by atoms with van der Waals surface area (Å²) in [4.78, 5) is 15.8. The van der Waals surface area contributed by atoms with Crippen LogP contribution in [-0.4, -0.2) is 45.8 Å². The fraction of sp³-hybridized carbons (Fsp3) is 0.273. The van der Waals surface area contributed by atoms with Crippen molar-refractivity contribution in [1.82, 2.24) is 10.3 Å². The highest BCUT2D eigenvalue weighted by molar-refractivity contribution is 7.92. The van der Waals surface area contributed by atoms with Gasteiger partial charge in [-0.1, -0.05) is 5.92 Å². The predicted molar refractivity (Wildman–Crippen MR) is 123 cm³/mol. The summed E-state index contributed by atoms with van der Waals surface area (Å²) >= 11 is 0. The number of amides is 1. The largest absolute Gasteiger partial charge is 0.433 e. The van der Waals surface area contributed by atoms with Crippen LogP contribution in [0.5, 0.6) is 0 Å². The van der Waals surface area contributed by atoms with Crippen LogP contribution in [0.1, 0.15) is 22.4 Å². The summed E-state index contributed by atoms with van der Waals surface area (Å²) in [6, 6.07) is 4.29. The van der Waals surface area contributed by atoms with Gasteiger partial charge in [-0.3, -0.25) is 9.52 Å². The van der Waals surface area contributed by atoms with Crippen molar-refractivity contribution in [3.05, 3.63) is 58.5 Å². The molecule has 0 radical (unpaired) electrons. The first kappa shape index (κ1) is 27.6. The van der Waals surface area contributed by atoms with Crippen molar-refractivity contribution in [3.8, 4) is 12.3 Å². The molecule has 3 N–H and O–H groups in total. The van der Waals surface area contributed by atoms with E-state index in [1.54, 1.807) is 0 Å². The van der Waals surface area contributed by atoms with Crippen molar-refractivity contribution < 1.29 is 35.5 Å². The third-order valence-electron chi connectivity index (χ3n) is 4.29. The molecule has 0 aliphatic heterocycles. The number of hydrogen-bond donors (Lipinski definition) is 3. The molecule has 1 heterocycles. The number of terminal acetylenes is 1. The number of halogens is 4. The predicted octanol–water partition coefficient (Wildman–Crippen LogP) is 2.98. The van der Waals surface area contributed by atoms with Crippen molar-refractivity contribution in [2.24, 2.45) is 0 Å².